The number of thioether (sulfide) groups is 1. The second-order valence-corrected chi connectivity index (χ2v) is 11.2. The second kappa shape index (κ2) is 11.8. The lowest BCUT2D eigenvalue weighted by molar-refractivity contribution is -0.127. The maximum absolute atomic E-state index is 12.8. The van der Waals surface area contributed by atoms with E-state index in [1.165, 1.54) is 0 Å². The molecule has 10 heteroatoms. The largest absolute Gasteiger partial charge is 0.487 e. The Bertz CT molecular complexity index is 1290. The van der Waals surface area contributed by atoms with Crippen molar-refractivity contribution in [3.05, 3.63) is 94.9 Å². The summed E-state index contributed by atoms with van der Waals surface area (Å²) in [6.07, 6.45) is 1.66. The SMILES string of the molecule is O=C(CN1C(=O)S/C(=C/c2cc(I)c(OCc3ccccc3)c(I)c2)C1=O)Nc1ccc(Cl)cc1. The van der Waals surface area contributed by atoms with Gasteiger partial charge in [0.1, 0.15) is 18.9 Å². The molecule has 1 aliphatic rings. The maximum atomic E-state index is 12.8. The van der Waals surface area contributed by atoms with Crippen molar-refractivity contribution in [2.24, 2.45) is 0 Å². The van der Waals surface area contributed by atoms with E-state index >= 15 is 0 Å². The summed E-state index contributed by atoms with van der Waals surface area (Å²) in [5, 5.41) is 2.71. The minimum Gasteiger partial charge on any atom is -0.487 e. The first-order valence-electron chi connectivity index (χ1n) is 10.3. The third kappa shape index (κ3) is 6.78. The van der Waals surface area contributed by atoms with Crippen LogP contribution < -0.4 is 10.1 Å². The molecule has 0 bridgehead atoms. The molecule has 0 aromatic heterocycles. The molecule has 0 aliphatic carbocycles. The van der Waals surface area contributed by atoms with E-state index in [4.69, 9.17) is 16.3 Å². The Morgan fingerprint density at radius 3 is 2.34 bits per heavy atom. The Hall–Kier alpha value is -2.09. The van der Waals surface area contributed by atoms with Crippen molar-refractivity contribution < 1.29 is 19.1 Å². The van der Waals surface area contributed by atoms with E-state index in [1.807, 2.05) is 42.5 Å². The first-order valence-corrected chi connectivity index (χ1v) is 13.6. The summed E-state index contributed by atoms with van der Waals surface area (Å²) in [5.74, 6) is -0.209. The number of nitrogens with one attached hydrogen (secondary N) is 1. The van der Waals surface area contributed by atoms with E-state index < -0.39 is 17.1 Å². The molecule has 1 heterocycles. The fourth-order valence-corrected chi connectivity index (χ4v) is 6.29. The number of ether oxygens (including phenoxy) is 1. The molecule has 0 unspecified atom stereocenters. The highest BCUT2D eigenvalue weighted by Crippen LogP contribution is 2.35. The Kier molecular flexibility index (Phi) is 8.73. The summed E-state index contributed by atoms with van der Waals surface area (Å²) >= 11 is 11.1. The van der Waals surface area contributed by atoms with Crippen LogP contribution in [0.4, 0.5) is 10.5 Å². The molecule has 1 aliphatic heterocycles. The highest BCUT2D eigenvalue weighted by atomic mass is 127. The minimum absolute atomic E-state index is 0.263. The van der Waals surface area contributed by atoms with Gasteiger partial charge in [0, 0.05) is 10.7 Å². The summed E-state index contributed by atoms with van der Waals surface area (Å²) in [4.78, 5) is 38.8. The van der Waals surface area contributed by atoms with E-state index in [0.717, 1.165) is 40.7 Å². The Morgan fingerprint density at radius 1 is 1.03 bits per heavy atom. The normalized spacial score (nSPS) is 14.5. The first kappa shape index (κ1) is 26.0. The predicted molar refractivity (Wildman–Crippen MR) is 155 cm³/mol. The summed E-state index contributed by atoms with van der Waals surface area (Å²) in [6, 6.07) is 20.2. The second-order valence-electron chi connectivity index (χ2n) is 7.41. The number of halogens is 3. The van der Waals surface area contributed by atoms with Crippen LogP contribution in [0.3, 0.4) is 0 Å². The van der Waals surface area contributed by atoms with Crippen LogP contribution in [0.2, 0.25) is 5.02 Å². The topological polar surface area (TPSA) is 75.7 Å². The van der Waals surface area contributed by atoms with Gasteiger partial charge in [0.2, 0.25) is 5.91 Å². The van der Waals surface area contributed by atoms with Crippen molar-refractivity contribution in [2.45, 2.75) is 6.61 Å². The Balaban J connectivity index is 1.43. The highest BCUT2D eigenvalue weighted by Gasteiger charge is 2.36. The maximum Gasteiger partial charge on any atom is 0.294 e. The molecule has 0 spiro atoms. The van der Waals surface area contributed by atoms with Crippen LogP contribution in [0.1, 0.15) is 11.1 Å². The standard InChI is InChI=1S/C25H17ClI2N2O4S/c26-17-6-8-18(9-7-17)29-22(31)13-30-24(32)21(35-25(30)33)12-16-10-19(27)23(20(28)11-16)34-14-15-4-2-1-3-5-15/h1-12H,13-14H2,(H,29,31)/b21-12+. The van der Waals surface area contributed by atoms with Crippen LogP contribution in [0.15, 0.2) is 71.6 Å². The lowest BCUT2D eigenvalue weighted by Crippen LogP contribution is -2.36. The Morgan fingerprint density at radius 2 is 1.69 bits per heavy atom. The third-order valence-corrected chi connectivity index (χ3v) is 7.61. The zero-order chi connectivity index (χ0) is 24.9. The molecule has 6 nitrogen and oxygen atoms in total. The van der Waals surface area contributed by atoms with Gasteiger partial charge in [0.25, 0.3) is 11.1 Å². The van der Waals surface area contributed by atoms with Gasteiger partial charge in [-0.05, 0) is 111 Å². The number of anilines is 1. The predicted octanol–water partition coefficient (Wildman–Crippen LogP) is 6.80. The number of rotatable bonds is 7. The smallest absolute Gasteiger partial charge is 0.294 e. The van der Waals surface area contributed by atoms with E-state index in [-0.39, 0.29) is 11.4 Å². The average Bonchev–Trinajstić information content (AvgIpc) is 3.08. The molecule has 3 amide bonds. The van der Waals surface area contributed by atoms with Gasteiger partial charge in [-0.1, -0.05) is 41.9 Å². The molecule has 1 saturated heterocycles. The van der Waals surface area contributed by atoms with Crippen LogP contribution in [0, 0.1) is 7.14 Å². The third-order valence-electron chi connectivity index (χ3n) is 4.85. The number of benzene rings is 3. The van der Waals surface area contributed by atoms with E-state index in [1.54, 1.807) is 30.3 Å². The molecule has 0 saturated carbocycles. The van der Waals surface area contributed by atoms with Crippen LogP contribution in [0.25, 0.3) is 6.08 Å². The number of carbonyl (C=O) groups excluding carboxylic acids is 3. The van der Waals surface area contributed by atoms with E-state index in [2.05, 4.69) is 50.5 Å². The van der Waals surface area contributed by atoms with Gasteiger partial charge >= 0.3 is 0 Å². The molecular weight excluding hydrogens is 714 g/mol. The van der Waals surface area contributed by atoms with Gasteiger partial charge in [0.15, 0.2) is 0 Å². The number of imide groups is 1. The zero-order valence-corrected chi connectivity index (χ0v) is 23.9. The molecule has 0 atom stereocenters. The van der Waals surface area contributed by atoms with E-state index in [0.29, 0.717) is 17.3 Å². The molecular formula is C25H17ClI2N2O4S. The summed E-state index contributed by atoms with van der Waals surface area (Å²) in [7, 11) is 0. The van der Waals surface area contributed by atoms with Gasteiger partial charge in [-0.25, -0.2) is 0 Å². The molecule has 3 aromatic carbocycles. The van der Waals surface area contributed by atoms with Gasteiger partial charge in [-0.15, -0.1) is 0 Å². The van der Waals surface area contributed by atoms with E-state index in [9.17, 15) is 14.4 Å². The monoisotopic (exact) mass is 730 g/mol. The summed E-state index contributed by atoms with van der Waals surface area (Å²) in [5.41, 5.74) is 2.36. The number of hydrogen-bond acceptors (Lipinski definition) is 5. The van der Waals surface area contributed by atoms with Crippen molar-refractivity contribution in [2.75, 3.05) is 11.9 Å². The lowest BCUT2D eigenvalue weighted by Gasteiger charge is -2.13. The van der Waals surface area contributed by atoms with Crippen LogP contribution in [-0.4, -0.2) is 28.5 Å². The van der Waals surface area contributed by atoms with Crippen molar-refractivity contribution in [1.29, 1.82) is 0 Å². The molecule has 0 radical (unpaired) electrons. The molecule has 3 aromatic rings. The summed E-state index contributed by atoms with van der Waals surface area (Å²) in [6.45, 7) is 0.0785. The quantitative estimate of drug-likeness (QED) is 0.214. The van der Waals surface area contributed by atoms with Gasteiger partial charge in [0.05, 0.1) is 12.0 Å². The number of amides is 3. The lowest BCUT2D eigenvalue weighted by atomic mass is 10.2. The highest BCUT2D eigenvalue weighted by molar-refractivity contribution is 14.1. The fourth-order valence-electron chi connectivity index (χ4n) is 3.20. The number of hydrogen-bond donors (Lipinski definition) is 1. The zero-order valence-electron chi connectivity index (χ0n) is 18.0. The first-order chi connectivity index (χ1) is 16.8. The van der Waals surface area contributed by atoms with Crippen molar-refractivity contribution >= 4 is 97.4 Å². The summed E-state index contributed by atoms with van der Waals surface area (Å²) < 4.78 is 7.79. The van der Waals surface area contributed by atoms with Crippen molar-refractivity contribution in [3.63, 3.8) is 0 Å². The van der Waals surface area contributed by atoms with Crippen LogP contribution >= 0.6 is 68.5 Å². The molecule has 4 rings (SSSR count). The average molecular weight is 731 g/mol. The van der Waals surface area contributed by atoms with Gasteiger partial charge < -0.3 is 10.1 Å². The molecule has 1 N–H and O–H groups in total. The number of carbonyl (C=O) groups is 3. The fraction of sp³-hybridized carbons (Fsp3) is 0.0800. The molecule has 1 fully saturated rings. The molecule has 178 valence electrons. The van der Waals surface area contributed by atoms with Gasteiger partial charge in [-0.3, -0.25) is 19.3 Å². The van der Waals surface area contributed by atoms with Crippen molar-refractivity contribution in [3.8, 4) is 5.75 Å². The Labute approximate surface area is 238 Å². The van der Waals surface area contributed by atoms with Crippen molar-refractivity contribution in [1.82, 2.24) is 4.90 Å². The van der Waals surface area contributed by atoms with Gasteiger partial charge in [-0.2, -0.15) is 0 Å². The van der Waals surface area contributed by atoms with Crippen LogP contribution in [-0.2, 0) is 16.2 Å². The molecule has 35 heavy (non-hydrogen) atoms. The number of nitrogens with zero attached hydrogens (tertiary/aromatic N) is 1. The minimum atomic E-state index is -0.499. The van der Waals surface area contributed by atoms with Crippen LogP contribution in [0.5, 0.6) is 5.75 Å².